The molecule has 1 aliphatic heterocycles. The molecular weight excluding hydrogens is 500 g/mol. The Morgan fingerprint density at radius 1 is 0.390 bits per heavy atom. The highest BCUT2D eigenvalue weighted by Gasteiger charge is 2.25. The molecular formula is C38H30N2O. The fourth-order valence-corrected chi connectivity index (χ4v) is 5.34. The number of epoxide rings is 1. The zero-order valence-electron chi connectivity index (χ0n) is 22.7. The third kappa shape index (κ3) is 5.36. The van der Waals surface area contributed by atoms with Gasteiger partial charge < -0.3 is 14.5 Å². The number of hydrogen-bond acceptors (Lipinski definition) is 3. The van der Waals surface area contributed by atoms with Crippen LogP contribution in [0, 0.1) is 0 Å². The molecule has 198 valence electrons. The van der Waals surface area contributed by atoms with Crippen LogP contribution in [-0.2, 0) is 4.74 Å². The first-order chi connectivity index (χ1) is 20.3. The van der Waals surface area contributed by atoms with Crippen molar-refractivity contribution in [1.82, 2.24) is 0 Å². The summed E-state index contributed by atoms with van der Waals surface area (Å²) in [4.78, 5) is 4.59. The number of benzene rings is 6. The van der Waals surface area contributed by atoms with Gasteiger partial charge in [-0.05, 0) is 89.5 Å². The second kappa shape index (κ2) is 11.2. The number of ether oxygens (including phenoxy) is 1. The van der Waals surface area contributed by atoms with Gasteiger partial charge in [-0.15, -0.1) is 0 Å². The lowest BCUT2D eigenvalue weighted by atomic mass is 10.0. The minimum Gasteiger partial charge on any atom is -0.368 e. The standard InChI is InChI=1S/C38H30N2O/c1-4-12-32(13-5-1)39(33-14-6-2-7-15-33)35-23-19-29(20-24-35)30-21-25-36(26-22-30)40(34-16-8-3-9-17-34)37-18-10-11-31(27-37)38-28-41-38/h1-27,38H,28H2. The van der Waals surface area contributed by atoms with Crippen LogP contribution in [0.3, 0.4) is 0 Å². The molecule has 1 heterocycles. The van der Waals surface area contributed by atoms with Crippen molar-refractivity contribution in [3.05, 3.63) is 169 Å². The van der Waals surface area contributed by atoms with Gasteiger partial charge in [0.2, 0.25) is 0 Å². The van der Waals surface area contributed by atoms with Gasteiger partial charge in [0.1, 0.15) is 6.10 Å². The molecule has 3 nitrogen and oxygen atoms in total. The lowest BCUT2D eigenvalue weighted by molar-refractivity contribution is 0.415. The topological polar surface area (TPSA) is 19.0 Å². The van der Waals surface area contributed by atoms with Gasteiger partial charge in [-0.3, -0.25) is 0 Å². The Morgan fingerprint density at radius 2 is 0.756 bits per heavy atom. The summed E-state index contributed by atoms with van der Waals surface area (Å²) in [7, 11) is 0. The molecule has 1 fully saturated rings. The molecule has 0 aromatic heterocycles. The lowest BCUT2D eigenvalue weighted by Crippen LogP contribution is -2.10. The molecule has 6 aromatic rings. The van der Waals surface area contributed by atoms with Crippen molar-refractivity contribution in [3.8, 4) is 11.1 Å². The van der Waals surface area contributed by atoms with Crippen LogP contribution < -0.4 is 9.80 Å². The van der Waals surface area contributed by atoms with E-state index in [1.807, 2.05) is 0 Å². The van der Waals surface area contributed by atoms with Gasteiger partial charge in [-0.1, -0.05) is 91.0 Å². The van der Waals surface area contributed by atoms with Gasteiger partial charge in [0.15, 0.2) is 0 Å². The summed E-state index contributed by atoms with van der Waals surface area (Å²) in [6, 6.07) is 57.8. The molecule has 1 unspecified atom stereocenters. The maximum Gasteiger partial charge on any atom is 0.106 e. The van der Waals surface area contributed by atoms with Crippen LogP contribution in [0.25, 0.3) is 11.1 Å². The van der Waals surface area contributed by atoms with Crippen molar-refractivity contribution in [2.24, 2.45) is 0 Å². The SMILES string of the molecule is c1ccc(N(c2ccccc2)c2ccc(-c3ccc(N(c4ccccc4)c4cccc(C5CO5)c4)cc3)cc2)cc1. The fourth-order valence-electron chi connectivity index (χ4n) is 5.34. The van der Waals surface area contributed by atoms with Crippen molar-refractivity contribution < 1.29 is 4.74 Å². The van der Waals surface area contributed by atoms with Gasteiger partial charge in [-0.2, -0.15) is 0 Å². The first kappa shape index (κ1) is 24.9. The van der Waals surface area contributed by atoms with E-state index >= 15 is 0 Å². The third-order valence-electron chi connectivity index (χ3n) is 7.46. The maximum absolute atomic E-state index is 5.56. The van der Waals surface area contributed by atoms with E-state index in [0.717, 1.165) is 40.7 Å². The Bertz CT molecular complexity index is 1670. The van der Waals surface area contributed by atoms with Crippen LogP contribution in [0.5, 0.6) is 0 Å². The van der Waals surface area contributed by atoms with Crippen LogP contribution in [0.2, 0.25) is 0 Å². The van der Waals surface area contributed by atoms with Crippen LogP contribution >= 0.6 is 0 Å². The molecule has 3 heteroatoms. The molecule has 0 bridgehead atoms. The summed E-state index contributed by atoms with van der Waals surface area (Å²) in [5.41, 5.74) is 10.3. The number of hydrogen-bond donors (Lipinski definition) is 0. The molecule has 0 radical (unpaired) electrons. The highest BCUT2D eigenvalue weighted by Crippen LogP contribution is 2.39. The highest BCUT2D eigenvalue weighted by atomic mass is 16.6. The summed E-state index contributed by atoms with van der Waals surface area (Å²) >= 11 is 0. The molecule has 7 rings (SSSR count). The molecule has 0 aliphatic carbocycles. The first-order valence-corrected chi connectivity index (χ1v) is 14.0. The monoisotopic (exact) mass is 530 g/mol. The first-order valence-electron chi connectivity index (χ1n) is 14.0. The summed E-state index contributed by atoms with van der Waals surface area (Å²) in [6.07, 6.45) is 0.220. The van der Waals surface area contributed by atoms with E-state index in [4.69, 9.17) is 4.74 Å². The molecule has 1 atom stereocenters. The lowest BCUT2D eigenvalue weighted by Gasteiger charge is -2.26. The molecule has 41 heavy (non-hydrogen) atoms. The quantitative estimate of drug-likeness (QED) is 0.182. The minimum absolute atomic E-state index is 0.220. The van der Waals surface area contributed by atoms with Gasteiger partial charge in [0, 0.05) is 34.1 Å². The predicted molar refractivity (Wildman–Crippen MR) is 170 cm³/mol. The highest BCUT2D eigenvalue weighted by molar-refractivity contribution is 5.80. The second-order valence-electron chi connectivity index (χ2n) is 10.2. The summed E-state index contributed by atoms with van der Waals surface area (Å²) in [5, 5.41) is 0. The Balaban J connectivity index is 1.20. The number of anilines is 6. The molecule has 0 N–H and O–H groups in total. The summed E-state index contributed by atoms with van der Waals surface area (Å²) < 4.78 is 5.56. The Labute approximate surface area is 241 Å². The Hall–Kier alpha value is -5.12. The van der Waals surface area contributed by atoms with Crippen molar-refractivity contribution in [3.63, 3.8) is 0 Å². The summed E-state index contributed by atoms with van der Waals surface area (Å²) in [5.74, 6) is 0. The minimum atomic E-state index is 0.220. The van der Waals surface area contributed by atoms with E-state index in [0.29, 0.717) is 0 Å². The summed E-state index contributed by atoms with van der Waals surface area (Å²) in [6.45, 7) is 0.802. The van der Waals surface area contributed by atoms with Gasteiger partial charge in [0.05, 0.1) is 6.61 Å². The van der Waals surface area contributed by atoms with E-state index in [2.05, 4.69) is 174 Å². The van der Waals surface area contributed by atoms with Crippen LogP contribution in [0.4, 0.5) is 34.1 Å². The van der Waals surface area contributed by atoms with E-state index < -0.39 is 0 Å². The third-order valence-corrected chi connectivity index (χ3v) is 7.46. The molecule has 1 saturated heterocycles. The Morgan fingerprint density at radius 3 is 1.17 bits per heavy atom. The number of nitrogens with zero attached hydrogens (tertiary/aromatic N) is 2. The van der Waals surface area contributed by atoms with Crippen LogP contribution in [0.15, 0.2) is 164 Å². The van der Waals surface area contributed by atoms with Crippen molar-refractivity contribution in [2.45, 2.75) is 6.10 Å². The average Bonchev–Trinajstić information content (AvgIpc) is 3.90. The molecule has 0 amide bonds. The van der Waals surface area contributed by atoms with E-state index in [1.165, 1.54) is 16.7 Å². The number of para-hydroxylation sites is 3. The van der Waals surface area contributed by atoms with Crippen LogP contribution in [-0.4, -0.2) is 6.61 Å². The van der Waals surface area contributed by atoms with Crippen LogP contribution in [0.1, 0.15) is 11.7 Å². The number of rotatable bonds is 8. The maximum atomic E-state index is 5.56. The van der Waals surface area contributed by atoms with E-state index in [9.17, 15) is 0 Å². The fraction of sp³-hybridized carbons (Fsp3) is 0.0526. The largest absolute Gasteiger partial charge is 0.368 e. The van der Waals surface area contributed by atoms with E-state index in [1.54, 1.807) is 0 Å². The zero-order valence-corrected chi connectivity index (χ0v) is 22.7. The van der Waals surface area contributed by atoms with Crippen molar-refractivity contribution in [1.29, 1.82) is 0 Å². The normalized spacial score (nSPS) is 13.9. The smallest absolute Gasteiger partial charge is 0.106 e. The van der Waals surface area contributed by atoms with Gasteiger partial charge in [0.25, 0.3) is 0 Å². The molecule has 0 saturated carbocycles. The average molecular weight is 531 g/mol. The molecule has 6 aromatic carbocycles. The van der Waals surface area contributed by atoms with Gasteiger partial charge >= 0.3 is 0 Å². The van der Waals surface area contributed by atoms with Crippen molar-refractivity contribution in [2.75, 3.05) is 16.4 Å². The Kier molecular flexibility index (Phi) is 6.78. The van der Waals surface area contributed by atoms with Crippen molar-refractivity contribution >= 4 is 34.1 Å². The van der Waals surface area contributed by atoms with E-state index in [-0.39, 0.29) is 6.10 Å². The molecule has 0 spiro atoms. The molecule has 1 aliphatic rings. The predicted octanol–water partition coefficient (Wildman–Crippen LogP) is 10.4. The van der Waals surface area contributed by atoms with Gasteiger partial charge in [-0.25, -0.2) is 0 Å². The second-order valence-corrected chi connectivity index (χ2v) is 10.2. The zero-order chi connectivity index (χ0) is 27.4.